The molecular weight excluding hydrogens is 242 g/mol. The minimum Gasteiger partial charge on any atom is -0.480 e. The van der Waals surface area contributed by atoms with E-state index in [0.717, 1.165) is 12.8 Å². The first-order chi connectivity index (χ1) is 7.60. The van der Waals surface area contributed by atoms with Crippen molar-refractivity contribution in [2.75, 3.05) is 5.75 Å². The van der Waals surface area contributed by atoms with Crippen LogP contribution in [0.15, 0.2) is 21.7 Å². The quantitative estimate of drug-likeness (QED) is 0.769. The van der Waals surface area contributed by atoms with Gasteiger partial charge in [-0.3, -0.25) is 10.1 Å². The van der Waals surface area contributed by atoms with Gasteiger partial charge in [-0.15, -0.1) is 23.1 Å². The summed E-state index contributed by atoms with van der Waals surface area (Å²) in [7, 11) is 0. The third-order valence-corrected chi connectivity index (χ3v) is 5.02. The van der Waals surface area contributed by atoms with E-state index in [-0.39, 0.29) is 0 Å². The Kier molecular flexibility index (Phi) is 3.56. The number of hydrogen-bond acceptors (Lipinski definition) is 4. The highest BCUT2D eigenvalue weighted by atomic mass is 32.2. The zero-order valence-corrected chi connectivity index (χ0v) is 10.7. The second-order valence-corrected chi connectivity index (χ2v) is 6.50. The molecule has 2 N–H and O–H groups in total. The molecule has 1 unspecified atom stereocenters. The van der Waals surface area contributed by atoms with Gasteiger partial charge in [0.1, 0.15) is 5.54 Å². The Balaban J connectivity index is 1.93. The van der Waals surface area contributed by atoms with Crippen LogP contribution in [0.3, 0.4) is 0 Å². The van der Waals surface area contributed by atoms with Crippen LogP contribution in [-0.2, 0) is 4.79 Å². The summed E-state index contributed by atoms with van der Waals surface area (Å²) in [5, 5.41) is 14.5. The number of aliphatic carboxylic acids is 1. The molecule has 1 aliphatic rings. The zero-order valence-electron chi connectivity index (χ0n) is 9.10. The summed E-state index contributed by atoms with van der Waals surface area (Å²) in [5.41, 5.74) is -0.810. The van der Waals surface area contributed by atoms with Gasteiger partial charge in [0.15, 0.2) is 0 Å². The Morgan fingerprint density at radius 1 is 1.75 bits per heavy atom. The van der Waals surface area contributed by atoms with Crippen molar-refractivity contribution >= 4 is 29.1 Å². The maximum absolute atomic E-state index is 11.3. The lowest BCUT2D eigenvalue weighted by Gasteiger charge is -2.25. The fourth-order valence-electron chi connectivity index (χ4n) is 1.40. The van der Waals surface area contributed by atoms with Crippen molar-refractivity contribution in [2.45, 2.75) is 35.6 Å². The SMILES string of the molecule is CC(CSc1cccs1)(NC1CC1)C(=O)O. The van der Waals surface area contributed by atoms with E-state index in [9.17, 15) is 9.90 Å². The predicted octanol–water partition coefficient (Wildman–Crippen LogP) is 2.44. The van der Waals surface area contributed by atoms with E-state index >= 15 is 0 Å². The molecule has 1 atom stereocenters. The van der Waals surface area contributed by atoms with Gasteiger partial charge in [-0.1, -0.05) is 6.07 Å². The van der Waals surface area contributed by atoms with Crippen LogP contribution < -0.4 is 5.32 Å². The van der Waals surface area contributed by atoms with Gasteiger partial charge in [-0.25, -0.2) is 0 Å². The van der Waals surface area contributed by atoms with Crippen LogP contribution in [0.2, 0.25) is 0 Å². The summed E-state index contributed by atoms with van der Waals surface area (Å²) in [6, 6.07) is 4.42. The molecule has 3 nitrogen and oxygen atoms in total. The summed E-state index contributed by atoms with van der Waals surface area (Å²) >= 11 is 3.26. The maximum Gasteiger partial charge on any atom is 0.324 e. The van der Waals surface area contributed by atoms with Gasteiger partial charge in [0, 0.05) is 11.8 Å². The smallest absolute Gasteiger partial charge is 0.324 e. The van der Waals surface area contributed by atoms with E-state index in [1.165, 1.54) is 4.21 Å². The molecule has 1 aromatic rings. The lowest BCUT2D eigenvalue weighted by atomic mass is 10.1. The number of rotatable bonds is 6. The van der Waals surface area contributed by atoms with Crippen molar-refractivity contribution in [1.82, 2.24) is 5.32 Å². The lowest BCUT2D eigenvalue weighted by Crippen LogP contribution is -2.52. The van der Waals surface area contributed by atoms with Crippen LogP contribution in [-0.4, -0.2) is 28.4 Å². The Morgan fingerprint density at radius 2 is 2.50 bits per heavy atom. The molecule has 1 aliphatic carbocycles. The second kappa shape index (κ2) is 4.77. The third-order valence-electron chi connectivity index (χ3n) is 2.57. The van der Waals surface area contributed by atoms with E-state index in [2.05, 4.69) is 5.32 Å². The molecule has 0 amide bonds. The number of thioether (sulfide) groups is 1. The monoisotopic (exact) mass is 257 g/mol. The van der Waals surface area contributed by atoms with Gasteiger partial charge in [0.25, 0.3) is 0 Å². The molecule has 1 fully saturated rings. The topological polar surface area (TPSA) is 49.3 Å². The van der Waals surface area contributed by atoms with Crippen molar-refractivity contribution < 1.29 is 9.90 Å². The number of carboxylic acid groups (broad SMARTS) is 1. The van der Waals surface area contributed by atoms with Crippen LogP contribution in [0, 0.1) is 0 Å². The molecule has 88 valence electrons. The van der Waals surface area contributed by atoms with Crippen molar-refractivity contribution in [3.8, 4) is 0 Å². The van der Waals surface area contributed by atoms with Gasteiger partial charge in [-0.05, 0) is 31.2 Å². The predicted molar refractivity (Wildman–Crippen MR) is 67.2 cm³/mol. The average Bonchev–Trinajstić information content (AvgIpc) is 2.89. The lowest BCUT2D eigenvalue weighted by molar-refractivity contribution is -0.143. The minimum absolute atomic E-state index is 0.407. The fourth-order valence-corrected chi connectivity index (χ4v) is 3.28. The van der Waals surface area contributed by atoms with Crippen LogP contribution >= 0.6 is 23.1 Å². The highest BCUT2D eigenvalue weighted by Crippen LogP contribution is 2.29. The summed E-state index contributed by atoms with van der Waals surface area (Å²) in [4.78, 5) is 11.3. The zero-order chi connectivity index (χ0) is 11.6. The average molecular weight is 257 g/mol. The Bertz CT molecular complexity index is 362. The van der Waals surface area contributed by atoms with Crippen LogP contribution in [0.5, 0.6) is 0 Å². The van der Waals surface area contributed by atoms with Crippen molar-refractivity contribution in [2.24, 2.45) is 0 Å². The summed E-state index contributed by atoms with van der Waals surface area (Å²) in [5.74, 6) is -0.192. The normalized spacial score (nSPS) is 19.3. The van der Waals surface area contributed by atoms with Crippen molar-refractivity contribution in [3.05, 3.63) is 17.5 Å². The number of nitrogens with one attached hydrogen (secondary N) is 1. The number of carboxylic acids is 1. The molecule has 0 radical (unpaired) electrons. The van der Waals surface area contributed by atoms with Crippen molar-refractivity contribution in [1.29, 1.82) is 0 Å². The van der Waals surface area contributed by atoms with Crippen LogP contribution in [0.25, 0.3) is 0 Å². The standard InChI is InChI=1S/C11H15NO2S2/c1-11(10(13)14,12-8-4-5-8)7-16-9-3-2-6-15-9/h2-3,6,8,12H,4-5,7H2,1H3,(H,13,14). The Hall–Kier alpha value is -0.520. The summed E-state index contributed by atoms with van der Waals surface area (Å²) in [6.07, 6.45) is 2.21. The summed E-state index contributed by atoms with van der Waals surface area (Å²) in [6.45, 7) is 1.77. The molecule has 2 rings (SSSR count). The highest BCUT2D eigenvalue weighted by Gasteiger charge is 2.38. The molecule has 1 aromatic heterocycles. The van der Waals surface area contributed by atoms with Crippen LogP contribution in [0.4, 0.5) is 0 Å². The van der Waals surface area contributed by atoms with Gasteiger partial charge in [0.05, 0.1) is 4.21 Å². The fraction of sp³-hybridized carbons (Fsp3) is 0.545. The van der Waals surface area contributed by atoms with E-state index in [1.807, 2.05) is 17.5 Å². The molecule has 5 heteroatoms. The molecule has 1 heterocycles. The van der Waals surface area contributed by atoms with E-state index in [1.54, 1.807) is 30.0 Å². The molecule has 0 spiro atoms. The third kappa shape index (κ3) is 2.99. The van der Waals surface area contributed by atoms with E-state index < -0.39 is 11.5 Å². The van der Waals surface area contributed by atoms with Gasteiger partial charge in [-0.2, -0.15) is 0 Å². The Labute approximate surface area is 103 Å². The molecule has 1 saturated carbocycles. The van der Waals surface area contributed by atoms with E-state index in [4.69, 9.17) is 0 Å². The molecule has 0 aromatic carbocycles. The first-order valence-electron chi connectivity index (χ1n) is 5.27. The summed E-state index contributed by atoms with van der Waals surface area (Å²) < 4.78 is 1.17. The van der Waals surface area contributed by atoms with Gasteiger partial charge in [0.2, 0.25) is 0 Å². The molecular formula is C11H15NO2S2. The van der Waals surface area contributed by atoms with E-state index in [0.29, 0.717) is 11.8 Å². The van der Waals surface area contributed by atoms with Gasteiger partial charge >= 0.3 is 5.97 Å². The minimum atomic E-state index is -0.810. The van der Waals surface area contributed by atoms with Crippen molar-refractivity contribution in [3.63, 3.8) is 0 Å². The first-order valence-corrected chi connectivity index (χ1v) is 7.14. The number of carbonyl (C=O) groups is 1. The van der Waals surface area contributed by atoms with Crippen LogP contribution in [0.1, 0.15) is 19.8 Å². The largest absolute Gasteiger partial charge is 0.480 e. The number of thiophene rings is 1. The molecule has 0 aliphatic heterocycles. The second-order valence-electron chi connectivity index (χ2n) is 4.28. The first kappa shape index (κ1) is 12.0. The highest BCUT2D eigenvalue weighted by molar-refractivity contribution is 8.01. The molecule has 16 heavy (non-hydrogen) atoms. The number of hydrogen-bond donors (Lipinski definition) is 2. The molecule has 0 bridgehead atoms. The maximum atomic E-state index is 11.3. The van der Waals surface area contributed by atoms with Gasteiger partial charge < -0.3 is 5.11 Å². The Morgan fingerprint density at radius 3 is 3.00 bits per heavy atom. The molecule has 0 saturated heterocycles.